The largest absolute Gasteiger partial charge is 0.472 e. The molecule has 0 rings (SSSR count). The molecule has 0 aromatic heterocycles. The number of ether oxygens (including phenoxy) is 2. The molecule has 2 atom stereocenters. The van der Waals surface area contributed by atoms with E-state index < -0.39 is 32.5 Å². The van der Waals surface area contributed by atoms with E-state index in [0.29, 0.717) is 6.42 Å². The van der Waals surface area contributed by atoms with Gasteiger partial charge in [0.2, 0.25) is 0 Å². The van der Waals surface area contributed by atoms with Crippen molar-refractivity contribution < 1.29 is 37.6 Å². The normalized spacial score (nSPS) is 13.6. The monoisotopic (exact) mass is 716 g/mol. The third-order valence-corrected chi connectivity index (χ3v) is 9.29. The summed E-state index contributed by atoms with van der Waals surface area (Å²) in [7, 11) is -4.37. The Kier molecular flexibility index (Phi) is 35.2. The second-order valence-electron chi connectivity index (χ2n) is 13.1. The van der Waals surface area contributed by atoms with Crippen LogP contribution in [0.25, 0.3) is 0 Å². The molecule has 0 aliphatic carbocycles. The van der Waals surface area contributed by atoms with E-state index >= 15 is 0 Å². The van der Waals surface area contributed by atoms with Gasteiger partial charge < -0.3 is 20.1 Å². The molecule has 9 nitrogen and oxygen atoms in total. The van der Waals surface area contributed by atoms with Crippen LogP contribution >= 0.6 is 7.82 Å². The minimum absolute atomic E-state index is 0.0502. The van der Waals surface area contributed by atoms with Crippen LogP contribution in [0.3, 0.4) is 0 Å². The molecule has 0 heterocycles. The summed E-state index contributed by atoms with van der Waals surface area (Å²) in [6.07, 6.45) is 36.4. The lowest BCUT2D eigenvalue weighted by molar-refractivity contribution is -0.161. The van der Waals surface area contributed by atoms with E-state index in [1.165, 1.54) is 89.9 Å². The Morgan fingerprint density at radius 2 is 1.00 bits per heavy atom. The summed E-state index contributed by atoms with van der Waals surface area (Å²) in [5, 5.41) is 0. The highest BCUT2D eigenvalue weighted by Gasteiger charge is 2.25. The molecule has 0 fully saturated rings. The smallest absolute Gasteiger partial charge is 0.462 e. The van der Waals surface area contributed by atoms with Crippen LogP contribution in [0.4, 0.5) is 0 Å². The van der Waals surface area contributed by atoms with Gasteiger partial charge >= 0.3 is 19.8 Å². The van der Waals surface area contributed by atoms with Crippen LogP contribution in [-0.2, 0) is 32.7 Å². The van der Waals surface area contributed by atoms with Gasteiger partial charge in [0, 0.05) is 19.4 Å². The molecule has 0 aromatic carbocycles. The maximum atomic E-state index is 12.5. The second-order valence-corrected chi connectivity index (χ2v) is 14.6. The molecular formula is C39H74NO8P. The first-order valence-electron chi connectivity index (χ1n) is 19.8. The van der Waals surface area contributed by atoms with Gasteiger partial charge in [-0.05, 0) is 64.2 Å². The van der Waals surface area contributed by atoms with Crippen molar-refractivity contribution >= 4 is 19.8 Å². The predicted molar refractivity (Wildman–Crippen MR) is 201 cm³/mol. The number of carbonyl (C=O) groups excluding carboxylic acids is 2. The fraction of sp³-hybridized carbons (Fsp3) is 0.846. The lowest BCUT2D eigenvalue weighted by atomic mass is 10.1. The molecule has 10 heteroatoms. The van der Waals surface area contributed by atoms with Gasteiger partial charge in [-0.1, -0.05) is 128 Å². The average molecular weight is 716 g/mol. The Balaban J connectivity index is 4.24. The standard InChI is InChI=1S/C39H74NO8P/c1-3-5-7-9-11-13-15-17-18-20-22-24-26-28-30-32-39(42)48-37(36-47-49(43,44)46-34-33-40)35-45-38(41)31-29-27-25-23-21-19-16-14-12-10-8-6-4-2/h14,16,22,24,37H,3-13,15,17-21,23,25-36,40H2,1-2H3,(H,43,44)/b16-14+,24-22+/t37-/m1/s1. The van der Waals surface area contributed by atoms with Gasteiger partial charge in [-0.25, -0.2) is 4.57 Å². The third-order valence-electron chi connectivity index (χ3n) is 8.31. The van der Waals surface area contributed by atoms with Gasteiger partial charge in [0.15, 0.2) is 6.10 Å². The molecule has 0 saturated carbocycles. The molecule has 0 saturated heterocycles. The molecule has 1 unspecified atom stereocenters. The minimum atomic E-state index is -4.37. The number of phosphoric acid groups is 1. The molecule has 3 N–H and O–H groups in total. The van der Waals surface area contributed by atoms with Crippen LogP contribution in [0, 0.1) is 0 Å². The summed E-state index contributed by atoms with van der Waals surface area (Å²) in [6, 6.07) is 0. The van der Waals surface area contributed by atoms with Crippen molar-refractivity contribution in [3.05, 3.63) is 24.3 Å². The second kappa shape index (κ2) is 36.3. The fourth-order valence-electron chi connectivity index (χ4n) is 5.33. The highest BCUT2D eigenvalue weighted by atomic mass is 31.2. The number of rotatable bonds is 37. The van der Waals surface area contributed by atoms with Gasteiger partial charge in [-0.3, -0.25) is 18.6 Å². The summed E-state index contributed by atoms with van der Waals surface area (Å²) in [6.45, 7) is 3.68. The van der Waals surface area contributed by atoms with Gasteiger partial charge in [0.25, 0.3) is 0 Å². The molecule has 0 aromatic rings. The van der Waals surface area contributed by atoms with Crippen molar-refractivity contribution in [1.29, 1.82) is 0 Å². The topological polar surface area (TPSA) is 134 Å². The van der Waals surface area contributed by atoms with E-state index in [1.54, 1.807) is 0 Å². The molecule has 0 radical (unpaired) electrons. The van der Waals surface area contributed by atoms with Gasteiger partial charge in [-0.15, -0.1) is 0 Å². The van der Waals surface area contributed by atoms with E-state index in [9.17, 15) is 19.0 Å². The SMILES string of the molecule is CCCCCC/C=C/CCCCCCCC(=O)OC[C@H](COP(=O)(O)OCCN)OC(=O)CCCC/C=C/CCCCCCCCCCC. The van der Waals surface area contributed by atoms with Crippen molar-refractivity contribution in [3.8, 4) is 0 Å². The van der Waals surface area contributed by atoms with Crippen LogP contribution in [0.1, 0.15) is 181 Å². The van der Waals surface area contributed by atoms with Crippen LogP contribution in [-0.4, -0.2) is 49.3 Å². The molecular weight excluding hydrogens is 641 g/mol. The Hall–Kier alpha value is -1.51. The quantitative estimate of drug-likeness (QED) is 0.0279. The minimum Gasteiger partial charge on any atom is -0.462 e. The van der Waals surface area contributed by atoms with E-state index in [2.05, 4.69) is 38.2 Å². The number of carbonyl (C=O) groups is 2. The van der Waals surface area contributed by atoms with Crippen LogP contribution in [0.5, 0.6) is 0 Å². The van der Waals surface area contributed by atoms with Crippen LogP contribution in [0.2, 0.25) is 0 Å². The molecule has 288 valence electrons. The zero-order valence-corrected chi connectivity index (χ0v) is 32.3. The molecule has 0 aliphatic heterocycles. The fourth-order valence-corrected chi connectivity index (χ4v) is 6.09. The van der Waals surface area contributed by atoms with Crippen LogP contribution < -0.4 is 5.73 Å². The molecule has 49 heavy (non-hydrogen) atoms. The van der Waals surface area contributed by atoms with Crippen LogP contribution in [0.15, 0.2) is 24.3 Å². The first-order valence-corrected chi connectivity index (χ1v) is 21.3. The van der Waals surface area contributed by atoms with E-state index in [4.69, 9.17) is 24.3 Å². The molecule has 0 aliphatic rings. The Bertz CT molecular complexity index is 866. The number of phosphoric ester groups is 1. The van der Waals surface area contributed by atoms with Crippen molar-refractivity contribution in [1.82, 2.24) is 0 Å². The molecule has 0 amide bonds. The Labute approximate surface area is 300 Å². The summed E-state index contributed by atoms with van der Waals surface area (Å²) >= 11 is 0. The number of unbranched alkanes of at least 4 members (excludes halogenated alkanes) is 20. The first-order chi connectivity index (χ1) is 23.8. The van der Waals surface area contributed by atoms with E-state index in [1.807, 2.05) is 0 Å². The maximum absolute atomic E-state index is 12.5. The van der Waals surface area contributed by atoms with Crippen molar-refractivity contribution in [2.45, 2.75) is 187 Å². The molecule has 0 spiro atoms. The highest BCUT2D eigenvalue weighted by molar-refractivity contribution is 7.47. The number of allylic oxidation sites excluding steroid dienone is 4. The lowest BCUT2D eigenvalue weighted by Gasteiger charge is -2.19. The first kappa shape index (κ1) is 47.5. The summed E-state index contributed by atoms with van der Waals surface area (Å²) in [5.74, 6) is -0.863. The Morgan fingerprint density at radius 1 is 0.592 bits per heavy atom. The van der Waals surface area contributed by atoms with Crippen molar-refractivity contribution in [3.63, 3.8) is 0 Å². The van der Waals surface area contributed by atoms with E-state index in [-0.39, 0.29) is 32.6 Å². The number of esters is 2. The number of hydrogen-bond acceptors (Lipinski definition) is 8. The number of nitrogens with two attached hydrogens (primary N) is 1. The lowest BCUT2D eigenvalue weighted by Crippen LogP contribution is -2.29. The summed E-state index contributed by atoms with van der Waals surface area (Å²) in [4.78, 5) is 34.7. The van der Waals surface area contributed by atoms with E-state index in [0.717, 1.165) is 57.8 Å². The van der Waals surface area contributed by atoms with Crippen molar-refractivity contribution in [2.75, 3.05) is 26.4 Å². The summed E-state index contributed by atoms with van der Waals surface area (Å²) < 4.78 is 32.6. The van der Waals surface area contributed by atoms with Gasteiger partial charge in [0.1, 0.15) is 6.61 Å². The van der Waals surface area contributed by atoms with Gasteiger partial charge in [0.05, 0.1) is 13.2 Å². The van der Waals surface area contributed by atoms with Crippen molar-refractivity contribution in [2.24, 2.45) is 5.73 Å². The number of hydrogen-bond donors (Lipinski definition) is 2. The summed E-state index contributed by atoms with van der Waals surface area (Å²) in [5.41, 5.74) is 5.33. The zero-order valence-electron chi connectivity index (χ0n) is 31.4. The van der Waals surface area contributed by atoms with Gasteiger partial charge in [-0.2, -0.15) is 0 Å². The average Bonchev–Trinajstić information content (AvgIpc) is 3.08. The Morgan fingerprint density at radius 3 is 1.51 bits per heavy atom. The predicted octanol–water partition coefficient (Wildman–Crippen LogP) is 10.8. The maximum Gasteiger partial charge on any atom is 0.472 e. The zero-order chi connectivity index (χ0) is 36.1. The third kappa shape index (κ3) is 36.1. The molecule has 0 bridgehead atoms. The highest BCUT2D eigenvalue weighted by Crippen LogP contribution is 2.43.